The average Bonchev–Trinajstić information content (AvgIpc) is 3.20. The van der Waals surface area contributed by atoms with E-state index in [4.69, 9.17) is 0 Å². The molecule has 2 aromatic heterocycles. The molecule has 1 aliphatic rings. The number of allylic oxidation sites excluding steroid dienone is 1. The first-order valence-electron chi connectivity index (χ1n) is 7.35. The molecule has 0 aliphatic heterocycles. The van der Waals surface area contributed by atoms with Crippen molar-refractivity contribution in [1.82, 2.24) is 19.6 Å². The third kappa shape index (κ3) is 3.32. The molecule has 3 rings (SSSR count). The number of rotatable bonds is 4. The molecule has 2 aromatic rings. The Morgan fingerprint density at radius 1 is 1.44 bits per heavy atom. The van der Waals surface area contributed by atoms with Crippen molar-refractivity contribution in [3.63, 3.8) is 0 Å². The van der Waals surface area contributed by atoms with Crippen LogP contribution in [0, 0.1) is 11.8 Å². The van der Waals surface area contributed by atoms with E-state index in [-0.39, 0.29) is 29.1 Å². The molecule has 0 radical (unpaired) electrons. The Labute approximate surface area is 138 Å². The van der Waals surface area contributed by atoms with E-state index in [0.29, 0.717) is 0 Å². The zero-order valence-electron chi connectivity index (χ0n) is 13.1. The van der Waals surface area contributed by atoms with Gasteiger partial charge >= 0.3 is 11.9 Å². The maximum Gasteiger partial charge on any atom is 0.392 e. The minimum Gasteiger partial charge on any atom is -0.313 e. The molecule has 0 spiro atoms. The minimum absolute atomic E-state index is 0.0164. The van der Waals surface area contributed by atoms with E-state index in [9.17, 15) is 22.8 Å². The molecule has 10 heteroatoms. The van der Waals surface area contributed by atoms with Crippen LogP contribution in [0.3, 0.4) is 0 Å². The molecule has 2 heterocycles. The van der Waals surface area contributed by atoms with Crippen molar-refractivity contribution in [2.45, 2.75) is 19.5 Å². The van der Waals surface area contributed by atoms with Crippen molar-refractivity contribution in [3.05, 3.63) is 57.4 Å². The highest BCUT2D eigenvalue weighted by molar-refractivity contribution is 5.98. The van der Waals surface area contributed by atoms with Crippen LogP contribution in [0.25, 0.3) is 5.57 Å². The zero-order chi connectivity index (χ0) is 18.4. The normalized spacial score (nSPS) is 20.6. The fourth-order valence-corrected chi connectivity index (χ4v) is 2.61. The summed E-state index contributed by atoms with van der Waals surface area (Å²) in [6, 6.07) is 0. The molecule has 0 amide bonds. The van der Waals surface area contributed by atoms with Gasteiger partial charge in [0, 0.05) is 18.6 Å². The first-order chi connectivity index (χ1) is 11.7. The largest absolute Gasteiger partial charge is 0.392 e. The number of imidazole rings is 1. The third-order valence-corrected chi connectivity index (χ3v) is 4.03. The van der Waals surface area contributed by atoms with E-state index in [1.165, 1.54) is 30.2 Å². The van der Waals surface area contributed by atoms with Crippen LogP contribution in [0.15, 0.2) is 39.9 Å². The second-order valence-corrected chi connectivity index (χ2v) is 5.78. The van der Waals surface area contributed by atoms with Crippen LogP contribution >= 0.6 is 0 Å². The quantitative estimate of drug-likeness (QED) is 0.820. The Balaban J connectivity index is 1.88. The van der Waals surface area contributed by atoms with Gasteiger partial charge in [-0.25, -0.2) is 14.5 Å². The van der Waals surface area contributed by atoms with Gasteiger partial charge in [-0.3, -0.25) is 9.78 Å². The van der Waals surface area contributed by atoms with E-state index >= 15 is 0 Å². The molecule has 132 valence electrons. The number of H-pyrrole nitrogens is 2. The fraction of sp³-hybridized carbons (Fsp3) is 0.333. The lowest BCUT2D eigenvalue weighted by atomic mass is 10.1. The van der Waals surface area contributed by atoms with Gasteiger partial charge < -0.3 is 4.98 Å². The molecule has 0 aromatic carbocycles. The standard InChI is InChI=1S/C15H14F3N5O2/c1-7(9-5-11(9)15(16,17)18)12-19-3-4-23(12)22-8(2)10-6-20-14(25)21-13(10)24/h3-4,6,9,11H,1,5H2,2H3,(H2,20,21,24,25)/b22-8+/t9-,11+/m1/s1. The second-order valence-electron chi connectivity index (χ2n) is 5.78. The predicted molar refractivity (Wildman–Crippen MR) is 84.2 cm³/mol. The Morgan fingerprint density at radius 3 is 2.76 bits per heavy atom. The van der Waals surface area contributed by atoms with E-state index < -0.39 is 29.3 Å². The number of aromatic nitrogens is 4. The monoisotopic (exact) mass is 353 g/mol. The summed E-state index contributed by atoms with van der Waals surface area (Å²) >= 11 is 0. The van der Waals surface area contributed by atoms with E-state index in [2.05, 4.69) is 26.6 Å². The molecule has 1 saturated carbocycles. The number of aromatic amines is 2. The summed E-state index contributed by atoms with van der Waals surface area (Å²) in [5.74, 6) is -1.91. The SMILES string of the molecule is C=C(c1nccn1/N=C(\C)c1c[nH]c(=O)[nH]c1=O)[C@H]1C[C@@H]1C(F)(F)F. The van der Waals surface area contributed by atoms with Gasteiger partial charge in [-0.1, -0.05) is 6.58 Å². The summed E-state index contributed by atoms with van der Waals surface area (Å²) < 4.78 is 39.5. The molecule has 2 atom stereocenters. The van der Waals surface area contributed by atoms with Gasteiger partial charge in [-0.05, 0) is 24.8 Å². The maximum atomic E-state index is 12.7. The molecule has 2 N–H and O–H groups in total. The Kier molecular flexibility index (Phi) is 3.97. The van der Waals surface area contributed by atoms with Crippen molar-refractivity contribution in [2.75, 3.05) is 0 Å². The maximum absolute atomic E-state index is 12.7. The molecule has 0 unspecified atom stereocenters. The van der Waals surface area contributed by atoms with E-state index in [1.807, 2.05) is 0 Å². The Bertz CT molecular complexity index is 966. The van der Waals surface area contributed by atoms with Crippen LogP contribution in [-0.2, 0) is 0 Å². The number of nitrogens with one attached hydrogen (secondary N) is 2. The van der Waals surface area contributed by atoms with Gasteiger partial charge in [-0.2, -0.15) is 18.3 Å². The van der Waals surface area contributed by atoms with Crippen LogP contribution in [0.1, 0.15) is 24.7 Å². The van der Waals surface area contributed by atoms with Crippen LogP contribution in [0.5, 0.6) is 0 Å². The number of hydrogen-bond donors (Lipinski definition) is 2. The van der Waals surface area contributed by atoms with Crippen molar-refractivity contribution in [2.24, 2.45) is 16.9 Å². The molecule has 25 heavy (non-hydrogen) atoms. The van der Waals surface area contributed by atoms with Crippen molar-refractivity contribution in [3.8, 4) is 0 Å². The van der Waals surface area contributed by atoms with Crippen molar-refractivity contribution in [1.29, 1.82) is 0 Å². The summed E-state index contributed by atoms with van der Waals surface area (Å²) in [4.78, 5) is 31.3. The summed E-state index contributed by atoms with van der Waals surface area (Å²) in [5, 5.41) is 4.18. The predicted octanol–water partition coefficient (Wildman–Crippen LogP) is 1.74. The highest BCUT2D eigenvalue weighted by Crippen LogP contribution is 2.55. The molecule has 1 aliphatic carbocycles. The highest BCUT2D eigenvalue weighted by Gasteiger charge is 2.57. The summed E-state index contributed by atoms with van der Waals surface area (Å²) in [6.45, 7) is 5.26. The lowest BCUT2D eigenvalue weighted by Gasteiger charge is -2.08. The van der Waals surface area contributed by atoms with Gasteiger partial charge in [0.1, 0.15) is 0 Å². The van der Waals surface area contributed by atoms with Crippen LogP contribution < -0.4 is 11.2 Å². The van der Waals surface area contributed by atoms with Crippen LogP contribution in [0.2, 0.25) is 0 Å². The fourth-order valence-electron chi connectivity index (χ4n) is 2.61. The Morgan fingerprint density at radius 2 is 2.16 bits per heavy atom. The molecular weight excluding hydrogens is 339 g/mol. The summed E-state index contributed by atoms with van der Waals surface area (Å²) in [6.07, 6.45) is -0.217. The zero-order valence-corrected chi connectivity index (χ0v) is 13.1. The Hall–Kier alpha value is -2.91. The van der Waals surface area contributed by atoms with Gasteiger partial charge in [0.05, 0.1) is 17.2 Å². The molecule has 7 nitrogen and oxygen atoms in total. The van der Waals surface area contributed by atoms with Gasteiger partial charge in [-0.15, -0.1) is 0 Å². The topological polar surface area (TPSA) is 95.9 Å². The second kappa shape index (κ2) is 5.87. The average molecular weight is 353 g/mol. The lowest BCUT2D eigenvalue weighted by Crippen LogP contribution is -2.26. The van der Waals surface area contributed by atoms with E-state index in [0.717, 1.165) is 0 Å². The van der Waals surface area contributed by atoms with Crippen LogP contribution in [-0.4, -0.2) is 31.5 Å². The smallest absolute Gasteiger partial charge is 0.313 e. The van der Waals surface area contributed by atoms with Gasteiger partial charge in [0.2, 0.25) is 0 Å². The first-order valence-corrected chi connectivity index (χ1v) is 7.35. The minimum atomic E-state index is -4.26. The molecule has 1 fully saturated rings. The van der Waals surface area contributed by atoms with Gasteiger partial charge in [0.25, 0.3) is 5.56 Å². The summed E-state index contributed by atoms with van der Waals surface area (Å²) in [7, 11) is 0. The molecule has 0 saturated heterocycles. The number of nitrogens with zero attached hydrogens (tertiary/aromatic N) is 3. The number of hydrogen-bond acceptors (Lipinski definition) is 4. The number of alkyl halides is 3. The molecule has 0 bridgehead atoms. The third-order valence-electron chi connectivity index (χ3n) is 4.03. The van der Waals surface area contributed by atoms with Crippen molar-refractivity contribution >= 4 is 11.3 Å². The van der Waals surface area contributed by atoms with Crippen LogP contribution in [0.4, 0.5) is 13.2 Å². The lowest BCUT2D eigenvalue weighted by molar-refractivity contribution is -0.149. The highest BCUT2D eigenvalue weighted by atomic mass is 19.4. The molecular formula is C15H14F3N5O2. The van der Waals surface area contributed by atoms with Crippen molar-refractivity contribution < 1.29 is 13.2 Å². The van der Waals surface area contributed by atoms with Gasteiger partial charge in [0.15, 0.2) is 5.82 Å². The number of halogens is 3. The first kappa shape index (κ1) is 16.9. The summed E-state index contributed by atoms with van der Waals surface area (Å²) in [5.41, 5.74) is -0.633. The van der Waals surface area contributed by atoms with E-state index in [1.54, 1.807) is 0 Å².